The molecule has 1 N–H and O–H groups in total. The van der Waals surface area contributed by atoms with Gasteiger partial charge in [0.1, 0.15) is 0 Å². The molecule has 0 amide bonds. The van der Waals surface area contributed by atoms with E-state index in [1.165, 1.54) is 6.42 Å². The third-order valence-corrected chi connectivity index (χ3v) is 4.65. The summed E-state index contributed by atoms with van der Waals surface area (Å²) in [6, 6.07) is 0. The monoisotopic (exact) mass is 255 g/mol. The number of nitrogens with zero attached hydrogens (tertiary/aromatic N) is 1. The number of ether oxygens (including phenoxy) is 1. The minimum absolute atomic E-state index is 0.108. The first-order chi connectivity index (χ1) is 8.56. The lowest BCUT2D eigenvalue weighted by atomic mass is 9.73. The fraction of sp³-hybridized carbons (Fsp3) is 1.00. The summed E-state index contributed by atoms with van der Waals surface area (Å²) in [7, 11) is 0. The highest BCUT2D eigenvalue weighted by molar-refractivity contribution is 4.85. The molecule has 1 aliphatic heterocycles. The van der Waals surface area contributed by atoms with Crippen LogP contribution in [0.15, 0.2) is 0 Å². The van der Waals surface area contributed by atoms with Crippen LogP contribution in [0.25, 0.3) is 0 Å². The predicted molar refractivity (Wildman–Crippen MR) is 73.5 cm³/mol. The molecule has 2 rings (SSSR count). The molecule has 2 aliphatic rings. The van der Waals surface area contributed by atoms with Crippen LogP contribution >= 0.6 is 0 Å². The standard InChI is InChI=1S/C15H29NO2/c1-11-7-12(2)14(15(17)8-11)10-16-5-4-6-18-13(3)9-16/h11-15,17H,4-10H2,1-3H3. The van der Waals surface area contributed by atoms with Crippen molar-refractivity contribution in [2.45, 2.75) is 52.2 Å². The molecular weight excluding hydrogens is 226 g/mol. The minimum Gasteiger partial charge on any atom is -0.393 e. The maximum atomic E-state index is 10.3. The molecule has 5 atom stereocenters. The number of rotatable bonds is 2. The zero-order chi connectivity index (χ0) is 13.1. The fourth-order valence-electron chi connectivity index (χ4n) is 3.72. The third kappa shape index (κ3) is 3.69. The van der Waals surface area contributed by atoms with Crippen molar-refractivity contribution in [3.63, 3.8) is 0 Å². The molecule has 1 aliphatic carbocycles. The highest BCUT2D eigenvalue weighted by atomic mass is 16.5. The van der Waals surface area contributed by atoms with E-state index in [0.717, 1.165) is 39.1 Å². The number of aliphatic hydroxyl groups excluding tert-OH is 1. The molecule has 1 saturated heterocycles. The van der Waals surface area contributed by atoms with Gasteiger partial charge in [-0.25, -0.2) is 0 Å². The van der Waals surface area contributed by atoms with Crippen LogP contribution in [-0.2, 0) is 4.74 Å². The second-order valence-electron chi connectivity index (χ2n) is 6.58. The molecule has 1 saturated carbocycles. The molecule has 1 heterocycles. The van der Waals surface area contributed by atoms with Crippen molar-refractivity contribution in [1.29, 1.82) is 0 Å². The van der Waals surface area contributed by atoms with Crippen molar-refractivity contribution < 1.29 is 9.84 Å². The average Bonchev–Trinajstić information content (AvgIpc) is 2.48. The van der Waals surface area contributed by atoms with Crippen molar-refractivity contribution in [3.8, 4) is 0 Å². The quantitative estimate of drug-likeness (QED) is 0.820. The molecule has 0 aromatic heterocycles. The van der Waals surface area contributed by atoms with E-state index >= 15 is 0 Å². The number of hydrogen-bond donors (Lipinski definition) is 1. The van der Waals surface area contributed by atoms with Gasteiger partial charge in [0.05, 0.1) is 12.2 Å². The molecule has 0 bridgehead atoms. The van der Waals surface area contributed by atoms with Gasteiger partial charge >= 0.3 is 0 Å². The van der Waals surface area contributed by atoms with E-state index in [1.807, 2.05) is 0 Å². The Balaban J connectivity index is 1.90. The molecule has 3 nitrogen and oxygen atoms in total. The Morgan fingerprint density at radius 2 is 2.00 bits per heavy atom. The lowest BCUT2D eigenvalue weighted by Crippen LogP contribution is -2.44. The van der Waals surface area contributed by atoms with Crippen LogP contribution in [-0.4, -0.2) is 48.5 Å². The number of hydrogen-bond acceptors (Lipinski definition) is 3. The molecule has 3 heteroatoms. The summed E-state index contributed by atoms with van der Waals surface area (Å²) >= 11 is 0. The molecule has 106 valence electrons. The van der Waals surface area contributed by atoms with Gasteiger partial charge in [0.15, 0.2) is 0 Å². The Morgan fingerprint density at radius 1 is 1.22 bits per heavy atom. The summed E-state index contributed by atoms with van der Waals surface area (Å²) in [6.45, 7) is 10.8. The van der Waals surface area contributed by atoms with Crippen molar-refractivity contribution in [2.75, 3.05) is 26.2 Å². The van der Waals surface area contributed by atoms with Crippen molar-refractivity contribution >= 4 is 0 Å². The summed E-state index contributed by atoms with van der Waals surface area (Å²) in [5.41, 5.74) is 0. The van der Waals surface area contributed by atoms with Gasteiger partial charge in [0.2, 0.25) is 0 Å². The molecule has 0 radical (unpaired) electrons. The fourth-order valence-corrected chi connectivity index (χ4v) is 3.72. The molecule has 0 spiro atoms. The van der Waals surface area contributed by atoms with Crippen molar-refractivity contribution in [2.24, 2.45) is 17.8 Å². The first-order valence-electron chi connectivity index (χ1n) is 7.58. The maximum absolute atomic E-state index is 10.3. The zero-order valence-electron chi connectivity index (χ0n) is 12.1. The third-order valence-electron chi connectivity index (χ3n) is 4.65. The molecule has 2 fully saturated rings. The Labute approximate surface area is 112 Å². The SMILES string of the molecule is CC1CC(C)C(CN2CCCOC(C)C2)C(O)C1. The Morgan fingerprint density at radius 3 is 2.72 bits per heavy atom. The van der Waals surface area contributed by atoms with Crippen LogP contribution < -0.4 is 0 Å². The Kier molecular flexibility index (Phi) is 5.05. The lowest BCUT2D eigenvalue weighted by molar-refractivity contribution is -0.00632. The van der Waals surface area contributed by atoms with Crippen LogP contribution in [0, 0.1) is 17.8 Å². The first kappa shape index (κ1) is 14.3. The van der Waals surface area contributed by atoms with E-state index in [-0.39, 0.29) is 6.10 Å². The number of aliphatic hydroxyl groups is 1. The molecule has 5 unspecified atom stereocenters. The van der Waals surface area contributed by atoms with Crippen LogP contribution in [0.5, 0.6) is 0 Å². The van der Waals surface area contributed by atoms with E-state index in [2.05, 4.69) is 25.7 Å². The van der Waals surface area contributed by atoms with Gasteiger partial charge in [0, 0.05) is 32.2 Å². The van der Waals surface area contributed by atoms with Crippen molar-refractivity contribution in [3.05, 3.63) is 0 Å². The highest BCUT2D eigenvalue weighted by Gasteiger charge is 2.34. The van der Waals surface area contributed by atoms with Crippen LogP contribution in [0.2, 0.25) is 0 Å². The van der Waals surface area contributed by atoms with E-state index in [1.54, 1.807) is 0 Å². The topological polar surface area (TPSA) is 32.7 Å². The summed E-state index contributed by atoms with van der Waals surface area (Å²) < 4.78 is 5.69. The van der Waals surface area contributed by atoms with Gasteiger partial charge in [0.25, 0.3) is 0 Å². The van der Waals surface area contributed by atoms with Gasteiger partial charge in [-0.1, -0.05) is 13.8 Å². The van der Waals surface area contributed by atoms with Crippen LogP contribution in [0.3, 0.4) is 0 Å². The normalized spacial score (nSPS) is 43.7. The van der Waals surface area contributed by atoms with E-state index < -0.39 is 0 Å². The summed E-state index contributed by atoms with van der Waals surface area (Å²) in [6.07, 6.45) is 3.60. The molecule has 18 heavy (non-hydrogen) atoms. The van der Waals surface area contributed by atoms with Crippen LogP contribution in [0.4, 0.5) is 0 Å². The van der Waals surface area contributed by atoms with Gasteiger partial charge in [-0.05, 0) is 38.0 Å². The average molecular weight is 255 g/mol. The van der Waals surface area contributed by atoms with E-state index in [0.29, 0.717) is 23.9 Å². The largest absolute Gasteiger partial charge is 0.393 e. The molecular formula is C15H29NO2. The summed E-state index contributed by atoms with van der Waals surface area (Å²) in [5, 5.41) is 10.3. The summed E-state index contributed by atoms with van der Waals surface area (Å²) in [4.78, 5) is 2.50. The predicted octanol–water partition coefficient (Wildman–Crippen LogP) is 2.14. The molecule has 0 aromatic rings. The smallest absolute Gasteiger partial charge is 0.0673 e. The summed E-state index contributed by atoms with van der Waals surface area (Å²) in [5.74, 6) is 1.77. The van der Waals surface area contributed by atoms with Crippen LogP contribution in [0.1, 0.15) is 40.0 Å². The maximum Gasteiger partial charge on any atom is 0.0673 e. The van der Waals surface area contributed by atoms with Gasteiger partial charge in [-0.3, -0.25) is 0 Å². The lowest BCUT2D eigenvalue weighted by Gasteiger charge is -2.39. The minimum atomic E-state index is -0.108. The Bertz CT molecular complexity index is 247. The van der Waals surface area contributed by atoms with Gasteiger partial charge in [-0.15, -0.1) is 0 Å². The highest BCUT2D eigenvalue weighted by Crippen LogP contribution is 2.34. The van der Waals surface area contributed by atoms with E-state index in [9.17, 15) is 5.11 Å². The Hall–Kier alpha value is -0.120. The zero-order valence-corrected chi connectivity index (χ0v) is 12.1. The second kappa shape index (κ2) is 6.36. The first-order valence-corrected chi connectivity index (χ1v) is 7.58. The van der Waals surface area contributed by atoms with Gasteiger partial charge in [-0.2, -0.15) is 0 Å². The van der Waals surface area contributed by atoms with E-state index in [4.69, 9.17) is 4.74 Å². The second-order valence-corrected chi connectivity index (χ2v) is 6.58. The van der Waals surface area contributed by atoms with Gasteiger partial charge < -0.3 is 14.7 Å². The molecule has 0 aromatic carbocycles. The van der Waals surface area contributed by atoms with Crippen molar-refractivity contribution in [1.82, 2.24) is 4.90 Å².